The number of halogens is 2. The number of rotatable bonds is 5. The van der Waals surface area contributed by atoms with Gasteiger partial charge in [0.15, 0.2) is 14.9 Å². The Morgan fingerprint density at radius 2 is 2.00 bits per heavy atom. The number of carbonyl (C=O) groups is 1. The molecule has 1 aliphatic carbocycles. The van der Waals surface area contributed by atoms with Crippen LogP contribution < -0.4 is 16.6 Å². The normalized spacial score (nSPS) is 14.2. The maximum Gasteiger partial charge on any atom is 0.256 e. The van der Waals surface area contributed by atoms with Crippen LogP contribution in [0.2, 0.25) is 0 Å². The Kier molecular flexibility index (Phi) is 4.89. The SMILES string of the molecule is Cc1c(Nc2ccc(Br)cc2F)c(C(N)=O)c(S(C)(=O)=O)n(C2CC2)c1=O. The first-order chi connectivity index (χ1) is 12.5. The largest absolute Gasteiger partial charge is 0.365 e. The van der Waals surface area contributed by atoms with Crippen LogP contribution in [0.25, 0.3) is 0 Å². The van der Waals surface area contributed by atoms with E-state index in [-0.39, 0.29) is 28.5 Å². The molecule has 3 N–H and O–H groups in total. The van der Waals surface area contributed by atoms with Crippen LogP contribution in [0.4, 0.5) is 15.8 Å². The lowest BCUT2D eigenvalue weighted by atomic mass is 10.1. The average molecular weight is 458 g/mol. The third-order valence-electron chi connectivity index (χ3n) is 4.30. The van der Waals surface area contributed by atoms with Gasteiger partial charge in [0, 0.05) is 22.3 Å². The molecule has 1 heterocycles. The molecule has 1 fully saturated rings. The maximum absolute atomic E-state index is 14.2. The molecule has 0 aliphatic heterocycles. The van der Waals surface area contributed by atoms with Crippen LogP contribution in [0.15, 0.2) is 32.5 Å². The minimum absolute atomic E-state index is 0.0215. The predicted octanol–water partition coefficient (Wildman–Crippen LogP) is 2.64. The van der Waals surface area contributed by atoms with Gasteiger partial charge < -0.3 is 11.1 Å². The first-order valence-electron chi connectivity index (χ1n) is 8.03. The van der Waals surface area contributed by atoms with Gasteiger partial charge in [-0.25, -0.2) is 12.8 Å². The van der Waals surface area contributed by atoms with Crippen molar-refractivity contribution in [1.29, 1.82) is 0 Å². The molecule has 0 atom stereocenters. The minimum Gasteiger partial charge on any atom is -0.365 e. The van der Waals surface area contributed by atoms with E-state index in [1.54, 1.807) is 6.07 Å². The number of pyridine rings is 1. The highest BCUT2D eigenvalue weighted by molar-refractivity contribution is 9.10. The highest BCUT2D eigenvalue weighted by atomic mass is 79.9. The summed E-state index contributed by atoms with van der Waals surface area (Å²) in [5.41, 5.74) is 4.54. The Labute approximate surface area is 163 Å². The van der Waals surface area contributed by atoms with Gasteiger partial charge in [-0.2, -0.15) is 0 Å². The van der Waals surface area contributed by atoms with Crippen LogP contribution in [0.5, 0.6) is 0 Å². The fourth-order valence-electron chi connectivity index (χ4n) is 2.93. The van der Waals surface area contributed by atoms with Gasteiger partial charge in [-0.05, 0) is 38.0 Å². The van der Waals surface area contributed by atoms with Crippen LogP contribution in [0.3, 0.4) is 0 Å². The molecule has 0 saturated heterocycles. The van der Waals surface area contributed by atoms with E-state index in [4.69, 9.17) is 5.73 Å². The summed E-state index contributed by atoms with van der Waals surface area (Å²) >= 11 is 3.14. The molecule has 27 heavy (non-hydrogen) atoms. The van der Waals surface area contributed by atoms with Crippen molar-refractivity contribution < 1.29 is 17.6 Å². The fraction of sp³-hybridized carbons (Fsp3) is 0.294. The average Bonchev–Trinajstić information content (AvgIpc) is 3.37. The van der Waals surface area contributed by atoms with Crippen LogP contribution in [-0.4, -0.2) is 25.1 Å². The number of aromatic nitrogens is 1. The third kappa shape index (κ3) is 3.63. The Hall–Kier alpha value is -2.20. The molecule has 0 unspecified atom stereocenters. The molecule has 1 amide bonds. The van der Waals surface area contributed by atoms with Crippen LogP contribution in [-0.2, 0) is 9.84 Å². The fourth-order valence-corrected chi connectivity index (χ4v) is 4.43. The zero-order valence-corrected chi connectivity index (χ0v) is 16.9. The Balaban J connectivity index is 2.35. The zero-order valence-electron chi connectivity index (χ0n) is 14.5. The number of nitrogens with two attached hydrogens (primary N) is 1. The highest BCUT2D eigenvalue weighted by Crippen LogP contribution is 2.39. The second kappa shape index (κ2) is 6.75. The van der Waals surface area contributed by atoms with Gasteiger partial charge in [0.25, 0.3) is 11.5 Å². The molecule has 144 valence electrons. The number of primary amides is 1. The van der Waals surface area contributed by atoms with Crippen LogP contribution in [0, 0.1) is 12.7 Å². The topological polar surface area (TPSA) is 111 Å². The van der Waals surface area contributed by atoms with Gasteiger partial charge in [-0.1, -0.05) is 15.9 Å². The Morgan fingerprint density at radius 3 is 2.48 bits per heavy atom. The molecule has 0 radical (unpaired) electrons. The van der Waals surface area contributed by atoms with Crippen LogP contribution >= 0.6 is 15.9 Å². The number of sulfone groups is 1. The smallest absolute Gasteiger partial charge is 0.256 e. The van der Waals surface area contributed by atoms with E-state index in [0.29, 0.717) is 17.3 Å². The summed E-state index contributed by atoms with van der Waals surface area (Å²) in [6.45, 7) is 1.44. The molecule has 0 spiro atoms. The molecule has 1 aromatic heterocycles. The van der Waals surface area contributed by atoms with Crippen molar-refractivity contribution in [2.45, 2.75) is 30.8 Å². The summed E-state index contributed by atoms with van der Waals surface area (Å²) in [5, 5.41) is 2.25. The standard InChI is InChI=1S/C17H17BrFN3O4S/c1-8-14(21-12-6-3-9(18)7-11(12)19)13(15(20)23)17(27(2,25)26)22(16(8)24)10-4-5-10/h3,6-7,10,21H,4-5H2,1-2H3,(H2,20,23). The molecule has 1 aromatic carbocycles. The van der Waals surface area contributed by atoms with E-state index >= 15 is 0 Å². The monoisotopic (exact) mass is 457 g/mol. The van der Waals surface area contributed by atoms with Gasteiger partial charge >= 0.3 is 0 Å². The van der Waals surface area contributed by atoms with Gasteiger partial charge in [0.2, 0.25) is 0 Å². The van der Waals surface area contributed by atoms with Crippen molar-refractivity contribution >= 4 is 43.0 Å². The predicted molar refractivity (Wildman–Crippen MR) is 103 cm³/mol. The minimum atomic E-state index is -3.96. The number of carbonyl (C=O) groups excluding carboxylic acids is 1. The Morgan fingerprint density at radius 1 is 1.37 bits per heavy atom. The van der Waals surface area contributed by atoms with Crippen LogP contribution in [0.1, 0.15) is 34.8 Å². The summed E-state index contributed by atoms with van der Waals surface area (Å²) in [6.07, 6.45) is 2.18. The van der Waals surface area contributed by atoms with Gasteiger partial charge in [-0.15, -0.1) is 0 Å². The number of amides is 1. The summed E-state index contributed by atoms with van der Waals surface area (Å²) in [7, 11) is -3.96. The van der Waals surface area contributed by atoms with E-state index in [0.717, 1.165) is 10.8 Å². The summed E-state index contributed by atoms with van der Waals surface area (Å²) in [6, 6.07) is 3.87. The molecule has 1 aliphatic rings. The quantitative estimate of drug-likeness (QED) is 0.716. The number of hydrogen-bond donors (Lipinski definition) is 2. The Bertz CT molecular complexity index is 1120. The molecule has 0 bridgehead atoms. The first kappa shape index (κ1) is 19.6. The second-order valence-electron chi connectivity index (χ2n) is 6.47. The number of benzene rings is 1. The number of anilines is 2. The van der Waals surface area contributed by atoms with Crippen molar-refractivity contribution in [3.63, 3.8) is 0 Å². The molecule has 3 rings (SSSR count). The third-order valence-corrected chi connectivity index (χ3v) is 5.89. The zero-order chi connectivity index (χ0) is 20.1. The summed E-state index contributed by atoms with van der Waals surface area (Å²) in [5.74, 6) is -1.67. The lowest BCUT2D eigenvalue weighted by Crippen LogP contribution is -2.32. The number of nitrogens with zero attached hydrogens (tertiary/aromatic N) is 1. The first-order valence-corrected chi connectivity index (χ1v) is 10.7. The molecular formula is C17H17BrFN3O4S. The molecular weight excluding hydrogens is 441 g/mol. The number of nitrogens with one attached hydrogen (secondary N) is 1. The van der Waals surface area contributed by atoms with E-state index in [1.165, 1.54) is 19.1 Å². The van der Waals surface area contributed by atoms with Gasteiger partial charge in [0.1, 0.15) is 5.82 Å². The van der Waals surface area contributed by atoms with Crippen molar-refractivity contribution in [3.8, 4) is 0 Å². The summed E-state index contributed by atoms with van der Waals surface area (Å²) in [4.78, 5) is 25.0. The number of hydrogen-bond acceptors (Lipinski definition) is 5. The lowest BCUT2D eigenvalue weighted by Gasteiger charge is -2.20. The van der Waals surface area contributed by atoms with E-state index in [9.17, 15) is 22.4 Å². The van der Waals surface area contributed by atoms with Crippen molar-refractivity contribution in [2.24, 2.45) is 5.73 Å². The second-order valence-corrected chi connectivity index (χ2v) is 9.32. The van der Waals surface area contributed by atoms with E-state index < -0.39 is 32.1 Å². The molecule has 7 nitrogen and oxygen atoms in total. The van der Waals surface area contributed by atoms with Crippen molar-refractivity contribution in [3.05, 3.63) is 50.0 Å². The van der Waals surface area contributed by atoms with E-state index in [1.807, 2.05) is 0 Å². The maximum atomic E-state index is 14.2. The van der Waals surface area contributed by atoms with E-state index in [2.05, 4.69) is 21.2 Å². The van der Waals surface area contributed by atoms with Crippen molar-refractivity contribution in [2.75, 3.05) is 11.6 Å². The highest BCUT2D eigenvalue weighted by Gasteiger charge is 2.36. The molecule has 2 aromatic rings. The molecule has 1 saturated carbocycles. The van der Waals surface area contributed by atoms with Gasteiger partial charge in [-0.3, -0.25) is 14.2 Å². The lowest BCUT2D eigenvalue weighted by molar-refractivity contribution is 0.0996. The summed E-state index contributed by atoms with van der Waals surface area (Å²) < 4.78 is 40.7. The van der Waals surface area contributed by atoms with Gasteiger partial charge in [0.05, 0.1) is 16.9 Å². The van der Waals surface area contributed by atoms with Crippen molar-refractivity contribution in [1.82, 2.24) is 4.57 Å². The molecule has 10 heteroatoms.